The molecule has 0 saturated carbocycles. The van der Waals surface area contributed by atoms with Crippen molar-refractivity contribution in [2.45, 2.75) is 91.8 Å². The molecule has 0 bridgehead atoms. The number of fused-ring (bicyclic) bond motifs is 1. The van der Waals surface area contributed by atoms with Crippen molar-refractivity contribution in [1.82, 2.24) is 15.2 Å². The Bertz CT molecular complexity index is 1290. The second-order valence-corrected chi connectivity index (χ2v) is 12.3. The van der Waals surface area contributed by atoms with Crippen LogP contribution in [0.4, 0.5) is 8.78 Å². The van der Waals surface area contributed by atoms with Gasteiger partial charge in [-0.25, -0.2) is 8.78 Å². The summed E-state index contributed by atoms with van der Waals surface area (Å²) >= 11 is 0. The first-order chi connectivity index (χ1) is 17.0. The lowest BCUT2D eigenvalue weighted by Crippen LogP contribution is -2.48. The highest BCUT2D eigenvalue weighted by Crippen LogP contribution is 2.34. The van der Waals surface area contributed by atoms with E-state index in [9.17, 15) is 18.4 Å². The van der Waals surface area contributed by atoms with Crippen molar-refractivity contribution in [3.8, 4) is 11.3 Å². The van der Waals surface area contributed by atoms with Gasteiger partial charge in [0.2, 0.25) is 11.8 Å². The fourth-order valence-electron chi connectivity index (χ4n) is 4.36. The van der Waals surface area contributed by atoms with Gasteiger partial charge in [-0.2, -0.15) is 0 Å². The fraction of sp³-hybridized carbons (Fsp3) is 0.467. The molecule has 1 heterocycles. The van der Waals surface area contributed by atoms with E-state index in [0.717, 1.165) is 16.5 Å². The molecule has 0 spiro atoms. The molecule has 3 aromatic rings. The molecule has 1 aromatic heterocycles. The molecule has 3 rings (SSSR count). The van der Waals surface area contributed by atoms with Crippen LogP contribution in [0.1, 0.15) is 72.1 Å². The number of hydrogen-bond acceptors (Lipinski definition) is 2. The molecule has 2 N–H and O–H groups in total. The summed E-state index contributed by atoms with van der Waals surface area (Å²) in [6, 6.07) is 12.6. The van der Waals surface area contributed by atoms with Crippen LogP contribution >= 0.6 is 0 Å². The molecule has 0 aliphatic rings. The standard InChI is InChI=1S/C30H39F2N3O2/c1-28(2,3)33-26(36)18-35-24-10-9-23(30(7,8)27(37)34-29(4,5)6)14-22(24)15-25(35)21-12-19(16-31)11-20(13-21)17-32/h9-15H,16-18H2,1-8H3,(H,33,36)(H,34,37). The lowest BCUT2D eigenvalue weighted by atomic mass is 9.82. The van der Waals surface area contributed by atoms with Gasteiger partial charge in [-0.05, 0) is 108 Å². The number of amides is 2. The number of nitrogens with zero attached hydrogens (tertiary/aromatic N) is 1. The molecule has 37 heavy (non-hydrogen) atoms. The predicted octanol–water partition coefficient (Wildman–Crippen LogP) is 6.35. The van der Waals surface area contributed by atoms with Crippen LogP contribution in [0, 0.1) is 0 Å². The SMILES string of the molecule is CC(C)(C)NC(=O)Cn1c(-c2cc(CF)cc(CF)c2)cc2cc(C(C)(C)C(=O)NC(C)(C)C)ccc21. The van der Waals surface area contributed by atoms with Crippen molar-refractivity contribution in [3.05, 3.63) is 59.2 Å². The highest BCUT2D eigenvalue weighted by molar-refractivity contribution is 5.93. The Morgan fingerprint density at radius 1 is 0.784 bits per heavy atom. The van der Waals surface area contributed by atoms with Gasteiger partial charge in [0.15, 0.2) is 0 Å². The molecule has 0 fully saturated rings. The summed E-state index contributed by atoms with van der Waals surface area (Å²) in [7, 11) is 0. The van der Waals surface area contributed by atoms with E-state index in [4.69, 9.17) is 0 Å². The maximum Gasteiger partial charge on any atom is 0.240 e. The largest absolute Gasteiger partial charge is 0.351 e. The number of benzene rings is 2. The quantitative estimate of drug-likeness (QED) is 0.388. The second kappa shape index (κ2) is 10.3. The Balaban J connectivity index is 2.17. The molecule has 0 aliphatic heterocycles. The van der Waals surface area contributed by atoms with E-state index in [1.807, 2.05) is 84.2 Å². The highest BCUT2D eigenvalue weighted by Gasteiger charge is 2.32. The van der Waals surface area contributed by atoms with Crippen LogP contribution in [0.15, 0.2) is 42.5 Å². The van der Waals surface area contributed by atoms with Crippen molar-refractivity contribution >= 4 is 22.7 Å². The smallest absolute Gasteiger partial charge is 0.240 e. The van der Waals surface area contributed by atoms with Gasteiger partial charge in [0.1, 0.15) is 19.9 Å². The normalized spacial score (nSPS) is 12.6. The van der Waals surface area contributed by atoms with Crippen molar-refractivity contribution in [1.29, 1.82) is 0 Å². The average Bonchev–Trinajstić information content (AvgIpc) is 3.13. The molecule has 2 aromatic carbocycles. The summed E-state index contributed by atoms with van der Waals surface area (Å²) in [5.41, 5.74) is 2.10. The van der Waals surface area contributed by atoms with Gasteiger partial charge in [0, 0.05) is 27.7 Å². The Morgan fingerprint density at radius 2 is 1.35 bits per heavy atom. The number of aromatic nitrogens is 1. The Morgan fingerprint density at radius 3 is 1.86 bits per heavy atom. The van der Waals surface area contributed by atoms with Crippen LogP contribution in [-0.2, 0) is 34.9 Å². The molecule has 5 nitrogen and oxygen atoms in total. The molecule has 0 aliphatic carbocycles. The molecule has 0 saturated heterocycles. The number of rotatable bonds is 7. The summed E-state index contributed by atoms with van der Waals surface area (Å²) in [5.74, 6) is -0.264. The molecule has 0 radical (unpaired) electrons. The molecule has 2 amide bonds. The van der Waals surface area contributed by atoms with E-state index >= 15 is 0 Å². The summed E-state index contributed by atoms with van der Waals surface area (Å²) in [4.78, 5) is 26.0. The molecule has 200 valence electrons. The van der Waals surface area contributed by atoms with Crippen LogP contribution in [-0.4, -0.2) is 27.5 Å². The number of hydrogen-bond donors (Lipinski definition) is 2. The summed E-state index contributed by atoms with van der Waals surface area (Å²) in [6.45, 7) is 13.9. The number of carbonyl (C=O) groups excluding carboxylic acids is 2. The highest BCUT2D eigenvalue weighted by atomic mass is 19.1. The van der Waals surface area contributed by atoms with Crippen LogP contribution in [0.2, 0.25) is 0 Å². The first kappa shape index (κ1) is 28.4. The van der Waals surface area contributed by atoms with E-state index in [2.05, 4.69) is 10.6 Å². The van der Waals surface area contributed by atoms with Gasteiger partial charge in [0.05, 0.1) is 5.41 Å². The van der Waals surface area contributed by atoms with Gasteiger partial charge < -0.3 is 15.2 Å². The minimum absolute atomic E-state index is 0.0359. The Labute approximate surface area is 218 Å². The van der Waals surface area contributed by atoms with Gasteiger partial charge in [-0.15, -0.1) is 0 Å². The molecule has 0 atom stereocenters. The van der Waals surface area contributed by atoms with Gasteiger partial charge in [-0.1, -0.05) is 12.1 Å². The summed E-state index contributed by atoms with van der Waals surface area (Å²) in [5, 5.41) is 6.87. The number of halogens is 2. The third-order valence-corrected chi connectivity index (χ3v) is 6.15. The predicted molar refractivity (Wildman–Crippen MR) is 146 cm³/mol. The van der Waals surface area contributed by atoms with Crippen LogP contribution in [0.25, 0.3) is 22.2 Å². The number of nitrogens with one attached hydrogen (secondary N) is 2. The average molecular weight is 512 g/mol. The minimum Gasteiger partial charge on any atom is -0.351 e. The Hall–Kier alpha value is -3.22. The summed E-state index contributed by atoms with van der Waals surface area (Å²) < 4.78 is 29.0. The molecule has 0 unspecified atom stereocenters. The van der Waals surface area contributed by atoms with Crippen molar-refractivity contribution < 1.29 is 18.4 Å². The number of carbonyl (C=O) groups is 2. The molecular weight excluding hydrogens is 472 g/mol. The van der Waals surface area contributed by atoms with Crippen LogP contribution in [0.5, 0.6) is 0 Å². The minimum atomic E-state index is -0.803. The maximum atomic E-state index is 13.6. The van der Waals surface area contributed by atoms with Gasteiger partial charge >= 0.3 is 0 Å². The maximum absolute atomic E-state index is 13.6. The van der Waals surface area contributed by atoms with E-state index in [-0.39, 0.29) is 23.9 Å². The van der Waals surface area contributed by atoms with Gasteiger partial charge in [-0.3, -0.25) is 9.59 Å². The third kappa shape index (κ3) is 6.76. The van der Waals surface area contributed by atoms with Gasteiger partial charge in [0.25, 0.3) is 0 Å². The van der Waals surface area contributed by atoms with E-state index < -0.39 is 24.3 Å². The summed E-state index contributed by atoms with van der Waals surface area (Å²) in [6.07, 6.45) is 0. The van der Waals surface area contributed by atoms with E-state index in [0.29, 0.717) is 22.4 Å². The zero-order valence-electron chi connectivity index (χ0n) is 23.2. The lowest BCUT2D eigenvalue weighted by Gasteiger charge is -2.30. The molecular formula is C30H39F2N3O2. The van der Waals surface area contributed by atoms with E-state index in [1.165, 1.54) is 6.07 Å². The second-order valence-electron chi connectivity index (χ2n) is 12.3. The first-order valence-corrected chi connectivity index (χ1v) is 12.6. The van der Waals surface area contributed by atoms with Crippen molar-refractivity contribution in [3.63, 3.8) is 0 Å². The zero-order valence-corrected chi connectivity index (χ0v) is 23.2. The van der Waals surface area contributed by atoms with Crippen LogP contribution in [0.3, 0.4) is 0 Å². The topological polar surface area (TPSA) is 63.1 Å². The zero-order chi connectivity index (χ0) is 27.8. The third-order valence-electron chi connectivity index (χ3n) is 6.15. The lowest BCUT2D eigenvalue weighted by molar-refractivity contribution is -0.127. The first-order valence-electron chi connectivity index (χ1n) is 12.6. The number of alkyl halides is 2. The van der Waals surface area contributed by atoms with Crippen LogP contribution < -0.4 is 10.6 Å². The van der Waals surface area contributed by atoms with E-state index in [1.54, 1.807) is 12.1 Å². The monoisotopic (exact) mass is 511 g/mol. The van der Waals surface area contributed by atoms with Crippen molar-refractivity contribution in [2.24, 2.45) is 0 Å². The molecule has 7 heteroatoms. The Kier molecular flexibility index (Phi) is 7.87. The van der Waals surface area contributed by atoms with Crippen molar-refractivity contribution in [2.75, 3.05) is 0 Å². The fourth-order valence-corrected chi connectivity index (χ4v) is 4.36.